The summed E-state index contributed by atoms with van der Waals surface area (Å²) in [5, 5.41) is 11.7. The summed E-state index contributed by atoms with van der Waals surface area (Å²) >= 11 is 1.21. The zero-order chi connectivity index (χ0) is 15.0. The van der Waals surface area contributed by atoms with E-state index in [1.54, 1.807) is 4.57 Å². The number of nitrogens with zero attached hydrogens (tertiary/aromatic N) is 2. The number of fused-ring (bicyclic) bond motifs is 1. The third kappa shape index (κ3) is 2.92. The molecule has 0 bridgehead atoms. The minimum atomic E-state index is -0.222. The molecule has 116 valence electrons. The highest BCUT2D eigenvalue weighted by molar-refractivity contribution is 7.07. The van der Waals surface area contributed by atoms with Crippen LogP contribution in [0.25, 0.3) is 0 Å². The molecule has 5 nitrogen and oxygen atoms in total. The summed E-state index contributed by atoms with van der Waals surface area (Å²) in [5.74, 6) is 0.943. The van der Waals surface area contributed by atoms with Crippen molar-refractivity contribution in [3.05, 3.63) is 20.7 Å². The standard InChI is InChI=1S/C15H22N2O3S/c1-10-9-21-15(20)17(10)6-2-3-14(19)16-7-11-4-5-13(18)12(11)8-16/h9,11-13,18H,2-8H2,1H3. The zero-order valence-corrected chi connectivity index (χ0v) is 13.1. The number of aryl methyl sites for hydroxylation is 1. The molecule has 2 aliphatic rings. The Labute approximate surface area is 128 Å². The number of hydrogen-bond donors (Lipinski definition) is 1. The molecule has 0 radical (unpaired) electrons. The number of thiazole rings is 1. The predicted octanol–water partition coefficient (Wildman–Crippen LogP) is 1.23. The first-order valence-corrected chi connectivity index (χ1v) is 8.55. The molecule has 1 aromatic rings. The van der Waals surface area contributed by atoms with E-state index in [0.717, 1.165) is 25.1 Å². The van der Waals surface area contributed by atoms with Gasteiger partial charge in [0.25, 0.3) is 0 Å². The van der Waals surface area contributed by atoms with E-state index in [1.165, 1.54) is 11.3 Å². The summed E-state index contributed by atoms with van der Waals surface area (Å²) < 4.78 is 1.74. The topological polar surface area (TPSA) is 62.5 Å². The van der Waals surface area contributed by atoms with Crippen molar-refractivity contribution in [2.45, 2.75) is 45.3 Å². The molecule has 1 aromatic heterocycles. The monoisotopic (exact) mass is 310 g/mol. The van der Waals surface area contributed by atoms with Gasteiger partial charge >= 0.3 is 4.87 Å². The van der Waals surface area contributed by atoms with Gasteiger partial charge in [0.05, 0.1) is 6.10 Å². The van der Waals surface area contributed by atoms with E-state index in [2.05, 4.69) is 0 Å². The molecular formula is C15H22N2O3S. The molecule has 1 saturated heterocycles. The fraction of sp³-hybridized carbons (Fsp3) is 0.733. The summed E-state index contributed by atoms with van der Waals surface area (Å²) in [6, 6.07) is 0. The van der Waals surface area contributed by atoms with Gasteiger partial charge in [0.1, 0.15) is 0 Å². The lowest BCUT2D eigenvalue weighted by Gasteiger charge is -2.18. The maximum Gasteiger partial charge on any atom is 0.307 e. The molecule has 2 heterocycles. The molecule has 3 unspecified atom stereocenters. The molecule has 21 heavy (non-hydrogen) atoms. The Kier molecular flexibility index (Phi) is 4.17. The van der Waals surface area contributed by atoms with Crippen LogP contribution in [0.3, 0.4) is 0 Å². The van der Waals surface area contributed by atoms with Crippen LogP contribution in [0.1, 0.15) is 31.4 Å². The second kappa shape index (κ2) is 5.93. The van der Waals surface area contributed by atoms with Gasteiger partial charge in [-0.1, -0.05) is 11.3 Å². The second-order valence-electron chi connectivity index (χ2n) is 6.27. The highest BCUT2D eigenvalue weighted by atomic mass is 32.1. The third-order valence-corrected chi connectivity index (χ3v) is 5.80. The number of rotatable bonds is 4. The molecule has 1 saturated carbocycles. The minimum absolute atomic E-state index is 0.0544. The van der Waals surface area contributed by atoms with Gasteiger partial charge < -0.3 is 14.6 Å². The number of aromatic nitrogens is 1. The first-order valence-electron chi connectivity index (χ1n) is 7.67. The molecule has 0 aromatic carbocycles. The molecule has 1 N–H and O–H groups in total. The van der Waals surface area contributed by atoms with Crippen LogP contribution in [0.2, 0.25) is 0 Å². The van der Waals surface area contributed by atoms with Crippen molar-refractivity contribution >= 4 is 17.2 Å². The van der Waals surface area contributed by atoms with E-state index in [9.17, 15) is 14.7 Å². The number of carbonyl (C=O) groups excluding carboxylic acids is 1. The lowest BCUT2D eigenvalue weighted by molar-refractivity contribution is -0.130. The van der Waals surface area contributed by atoms with E-state index in [-0.39, 0.29) is 22.8 Å². The van der Waals surface area contributed by atoms with Crippen molar-refractivity contribution in [1.82, 2.24) is 9.47 Å². The van der Waals surface area contributed by atoms with Crippen molar-refractivity contribution in [3.8, 4) is 0 Å². The molecule has 3 rings (SSSR count). The number of aliphatic hydroxyl groups is 1. The van der Waals surface area contributed by atoms with Gasteiger partial charge in [-0.25, -0.2) is 0 Å². The average Bonchev–Trinajstić information content (AvgIpc) is 3.11. The Morgan fingerprint density at radius 1 is 1.43 bits per heavy atom. The Hall–Kier alpha value is -1.14. The van der Waals surface area contributed by atoms with Crippen LogP contribution in [0.5, 0.6) is 0 Å². The smallest absolute Gasteiger partial charge is 0.307 e. The van der Waals surface area contributed by atoms with Gasteiger partial charge in [-0.05, 0) is 32.1 Å². The fourth-order valence-corrected chi connectivity index (χ4v) is 4.42. The van der Waals surface area contributed by atoms with Gasteiger partial charge in [0, 0.05) is 43.0 Å². The van der Waals surface area contributed by atoms with Crippen molar-refractivity contribution in [1.29, 1.82) is 0 Å². The van der Waals surface area contributed by atoms with E-state index in [4.69, 9.17) is 0 Å². The molecule has 1 amide bonds. The van der Waals surface area contributed by atoms with E-state index in [0.29, 0.717) is 31.8 Å². The van der Waals surface area contributed by atoms with Crippen LogP contribution in [0.15, 0.2) is 10.2 Å². The number of amides is 1. The number of carbonyl (C=O) groups is 1. The summed E-state index contributed by atoms with van der Waals surface area (Å²) in [7, 11) is 0. The van der Waals surface area contributed by atoms with Crippen LogP contribution < -0.4 is 4.87 Å². The van der Waals surface area contributed by atoms with E-state index in [1.807, 2.05) is 17.2 Å². The van der Waals surface area contributed by atoms with Gasteiger partial charge in [-0.15, -0.1) is 0 Å². The zero-order valence-electron chi connectivity index (χ0n) is 12.3. The summed E-state index contributed by atoms with van der Waals surface area (Å²) in [4.78, 5) is 25.8. The van der Waals surface area contributed by atoms with Gasteiger partial charge in [-0.2, -0.15) is 0 Å². The largest absolute Gasteiger partial charge is 0.393 e. The summed E-state index contributed by atoms with van der Waals surface area (Å²) in [6.07, 6.45) is 2.89. The maximum absolute atomic E-state index is 12.2. The molecular weight excluding hydrogens is 288 g/mol. The molecule has 1 aliphatic carbocycles. The summed E-state index contributed by atoms with van der Waals surface area (Å²) in [6.45, 7) is 4.05. The van der Waals surface area contributed by atoms with E-state index >= 15 is 0 Å². The number of likely N-dealkylation sites (tertiary alicyclic amines) is 1. The van der Waals surface area contributed by atoms with Crippen LogP contribution in [0.4, 0.5) is 0 Å². The Morgan fingerprint density at radius 2 is 2.24 bits per heavy atom. The fourth-order valence-electron chi connectivity index (χ4n) is 3.66. The Morgan fingerprint density at radius 3 is 2.90 bits per heavy atom. The Bertz CT molecular complexity index is 580. The van der Waals surface area contributed by atoms with Gasteiger partial charge in [0.2, 0.25) is 5.91 Å². The lowest BCUT2D eigenvalue weighted by Crippen LogP contribution is -2.31. The molecule has 3 atom stereocenters. The van der Waals surface area contributed by atoms with Gasteiger partial charge in [-0.3, -0.25) is 9.59 Å². The first-order chi connectivity index (χ1) is 10.1. The van der Waals surface area contributed by atoms with Crippen LogP contribution >= 0.6 is 11.3 Å². The third-order valence-electron chi connectivity index (χ3n) is 4.92. The van der Waals surface area contributed by atoms with Crippen molar-refractivity contribution in [2.24, 2.45) is 11.8 Å². The van der Waals surface area contributed by atoms with Crippen molar-refractivity contribution < 1.29 is 9.90 Å². The first kappa shape index (κ1) is 14.8. The van der Waals surface area contributed by atoms with Gasteiger partial charge in [0.15, 0.2) is 0 Å². The van der Waals surface area contributed by atoms with E-state index < -0.39 is 0 Å². The normalized spacial score (nSPS) is 28.1. The molecule has 0 spiro atoms. The highest BCUT2D eigenvalue weighted by Gasteiger charge is 2.42. The minimum Gasteiger partial charge on any atom is -0.393 e. The number of hydrogen-bond acceptors (Lipinski definition) is 4. The predicted molar refractivity (Wildman–Crippen MR) is 81.4 cm³/mol. The average molecular weight is 310 g/mol. The lowest BCUT2D eigenvalue weighted by atomic mass is 10.00. The highest BCUT2D eigenvalue weighted by Crippen LogP contribution is 2.38. The SMILES string of the molecule is Cc1csc(=O)n1CCCC(=O)N1CC2CCC(O)C2C1. The summed E-state index contributed by atoms with van der Waals surface area (Å²) in [5.41, 5.74) is 0.969. The molecule has 1 aliphatic heterocycles. The van der Waals surface area contributed by atoms with Crippen LogP contribution in [-0.2, 0) is 11.3 Å². The van der Waals surface area contributed by atoms with Crippen LogP contribution in [0, 0.1) is 18.8 Å². The van der Waals surface area contributed by atoms with Crippen LogP contribution in [-0.4, -0.2) is 39.7 Å². The van der Waals surface area contributed by atoms with Crippen molar-refractivity contribution in [2.75, 3.05) is 13.1 Å². The maximum atomic E-state index is 12.2. The Balaban J connectivity index is 1.48. The quantitative estimate of drug-likeness (QED) is 0.910. The van der Waals surface area contributed by atoms with Crippen molar-refractivity contribution in [3.63, 3.8) is 0 Å². The molecule has 2 fully saturated rings. The molecule has 6 heteroatoms. The second-order valence-corrected chi connectivity index (χ2v) is 7.09. The number of aliphatic hydroxyl groups excluding tert-OH is 1.